The summed E-state index contributed by atoms with van der Waals surface area (Å²) in [5.74, 6) is 0. The van der Waals surface area contributed by atoms with E-state index in [9.17, 15) is 0 Å². The fraction of sp³-hybridized carbons (Fsp3) is 0. The van der Waals surface area contributed by atoms with Crippen LogP contribution in [0.2, 0.25) is 0 Å². The van der Waals surface area contributed by atoms with Crippen LogP contribution in [0.25, 0.3) is 132 Å². The lowest BCUT2D eigenvalue weighted by molar-refractivity contribution is 1.18. The summed E-state index contributed by atoms with van der Waals surface area (Å²) in [5, 5.41) is 9.81. The average Bonchev–Trinajstić information content (AvgIpc) is 3.97. The molecule has 14 rings (SSSR count). The molecule has 0 aliphatic heterocycles. The van der Waals surface area contributed by atoms with Crippen molar-refractivity contribution in [1.29, 1.82) is 0 Å². The molecule has 0 amide bonds. The minimum Gasteiger partial charge on any atom is -0.309 e. The zero-order chi connectivity index (χ0) is 46.1. The number of nitrogens with zero attached hydrogens (tertiary/aromatic N) is 2. The van der Waals surface area contributed by atoms with Crippen LogP contribution >= 0.6 is 0 Å². The second-order valence-corrected chi connectivity index (χ2v) is 18.3. The van der Waals surface area contributed by atoms with E-state index in [0.717, 1.165) is 11.4 Å². The lowest BCUT2D eigenvalue weighted by Crippen LogP contribution is -1.96. The third-order valence-corrected chi connectivity index (χ3v) is 14.5. The van der Waals surface area contributed by atoms with Crippen molar-refractivity contribution in [2.24, 2.45) is 0 Å². The molecule has 14 aromatic rings. The van der Waals surface area contributed by atoms with Gasteiger partial charge in [0.1, 0.15) is 0 Å². The topological polar surface area (TPSA) is 9.86 Å². The Hall–Kier alpha value is -9.24. The number of aromatic nitrogens is 2. The smallest absolute Gasteiger partial charge is 0.0547 e. The van der Waals surface area contributed by atoms with Gasteiger partial charge in [-0.1, -0.05) is 212 Å². The highest BCUT2D eigenvalue weighted by atomic mass is 15.0. The van der Waals surface area contributed by atoms with Gasteiger partial charge in [0, 0.05) is 32.9 Å². The van der Waals surface area contributed by atoms with Gasteiger partial charge >= 0.3 is 0 Å². The maximum atomic E-state index is 2.51. The summed E-state index contributed by atoms with van der Waals surface area (Å²) in [7, 11) is 0. The van der Waals surface area contributed by atoms with E-state index < -0.39 is 0 Å². The number of para-hydroxylation sites is 4. The number of hydrogen-bond donors (Lipinski definition) is 0. The number of fused-ring (bicyclic) bond motifs is 8. The van der Waals surface area contributed by atoms with Crippen molar-refractivity contribution < 1.29 is 0 Å². The molecule has 12 aromatic carbocycles. The molecule has 2 nitrogen and oxygen atoms in total. The molecule has 2 heterocycles. The summed E-state index contributed by atoms with van der Waals surface area (Å²) >= 11 is 0. The molecule has 0 aliphatic carbocycles. The van der Waals surface area contributed by atoms with Crippen molar-refractivity contribution in [1.82, 2.24) is 9.13 Å². The Balaban J connectivity index is 1.15. The Labute approximate surface area is 406 Å². The van der Waals surface area contributed by atoms with Gasteiger partial charge in [0.25, 0.3) is 0 Å². The van der Waals surface area contributed by atoms with Gasteiger partial charge in [-0.15, -0.1) is 0 Å². The van der Waals surface area contributed by atoms with Gasteiger partial charge in [0.2, 0.25) is 0 Å². The van der Waals surface area contributed by atoms with Crippen molar-refractivity contribution >= 4 is 65.2 Å². The predicted molar refractivity (Wildman–Crippen MR) is 297 cm³/mol. The molecule has 0 spiro atoms. The number of benzene rings is 12. The van der Waals surface area contributed by atoms with E-state index in [1.807, 2.05) is 0 Å². The molecule has 0 saturated heterocycles. The van der Waals surface area contributed by atoms with Crippen LogP contribution in [0.15, 0.2) is 267 Å². The molecular formula is C68H44N2. The van der Waals surface area contributed by atoms with E-state index in [1.165, 1.54) is 121 Å². The van der Waals surface area contributed by atoms with E-state index in [1.54, 1.807) is 0 Å². The summed E-state index contributed by atoms with van der Waals surface area (Å²) in [6, 6.07) is 98.2. The average molecular weight is 889 g/mol. The van der Waals surface area contributed by atoms with Crippen LogP contribution in [-0.2, 0) is 0 Å². The summed E-state index contributed by atoms with van der Waals surface area (Å²) in [6.07, 6.45) is 0. The Morgan fingerprint density at radius 3 is 0.986 bits per heavy atom. The van der Waals surface area contributed by atoms with Crippen LogP contribution < -0.4 is 0 Å². The first-order valence-corrected chi connectivity index (χ1v) is 24.2. The monoisotopic (exact) mass is 888 g/mol. The predicted octanol–water partition coefficient (Wildman–Crippen LogP) is 18.5. The molecular weight excluding hydrogens is 845 g/mol. The van der Waals surface area contributed by atoms with Gasteiger partial charge in [-0.05, 0) is 132 Å². The van der Waals surface area contributed by atoms with E-state index in [4.69, 9.17) is 0 Å². The summed E-state index contributed by atoms with van der Waals surface area (Å²) in [5.41, 5.74) is 19.1. The Morgan fingerprint density at radius 2 is 0.529 bits per heavy atom. The summed E-state index contributed by atoms with van der Waals surface area (Å²) < 4.78 is 4.85. The third kappa shape index (κ3) is 6.13. The SMILES string of the molecule is c1ccc(-c2cccc(-c3ccccc3)c2-c2c3cccc(-c4cccc5c4c4ccccc4n5-c4ccccc4)c3cc3c(-c4cccc5c4c4ccccc4n5-c4ccccc4)cccc23)cc1. The first-order valence-electron chi connectivity index (χ1n) is 24.2. The highest BCUT2D eigenvalue weighted by Gasteiger charge is 2.25. The largest absolute Gasteiger partial charge is 0.309 e. The summed E-state index contributed by atoms with van der Waals surface area (Å²) in [4.78, 5) is 0. The fourth-order valence-electron chi connectivity index (χ4n) is 11.6. The highest BCUT2D eigenvalue weighted by molar-refractivity contribution is 6.26. The minimum atomic E-state index is 1.15. The Bertz CT molecular complexity index is 4040. The van der Waals surface area contributed by atoms with E-state index in [-0.39, 0.29) is 0 Å². The Morgan fingerprint density at radius 1 is 0.200 bits per heavy atom. The van der Waals surface area contributed by atoms with E-state index in [2.05, 4.69) is 276 Å². The maximum absolute atomic E-state index is 2.51. The van der Waals surface area contributed by atoms with Crippen molar-refractivity contribution in [3.63, 3.8) is 0 Å². The normalized spacial score (nSPS) is 11.7. The molecule has 2 heteroatoms. The van der Waals surface area contributed by atoms with E-state index in [0.29, 0.717) is 0 Å². The van der Waals surface area contributed by atoms with E-state index >= 15 is 0 Å². The number of rotatable bonds is 7. The standard InChI is InChI=1S/C68H44N2/c1-5-22-45(23-6-1)49-32-17-33-50(46-24-7-2-8-25-46)67(49)68-55-36-18-34-51(53-38-20-42-63-65(53)57-30-13-15-40-61(57)69(63)47-26-9-3-10-27-47)59(55)44-60-52(35-19-37-56(60)68)54-39-21-43-64-66(54)58-31-14-16-41-62(58)70(64)48-28-11-4-12-29-48/h1-44H. The van der Waals surface area contributed by atoms with Crippen molar-refractivity contribution in [3.8, 4) is 67.0 Å². The molecule has 0 aliphatic rings. The van der Waals surface area contributed by atoms with Gasteiger partial charge < -0.3 is 9.13 Å². The lowest BCUT2D eigenvalue weighted by atomic mass is 9.81. The van der Waals surface area contributed by atoms with Gasteiger partial charge in [-0.2, -0.15) is 0 Å². The highest BCUT2D eigenvalue weighted by Crippen LogP contribution is 2.51. The molecule has 0 unspecified atom stereocenters. The zero-order valence-corrected chi connectivity index (χ0v) is 38.3. The van der Waals surface area contributed by atoms with Crippen molar-refractivity contribution in [2.75, 3.05) is 0 Å². The molecule has 0 N–H and O–H groups in total. The van der Waals surface area contributed by atoms with Gasteiger partial charge in [-0.3, -0.25) is 0 Å². The van der Waals surface area contributed by atoms with Crippen LogP contribution in [0.5, 0.6) is 0 Å². The molecule has 0 fully saturated rings. The first kappa shape index (κ1) is 39.9. The quantitative estimate of drug-likeness (QED) is 0.141. The van der Waals surface area contributed by atoms with Crippen LogP contribution in [0.4, 0.5) is 0 Å². The second-order valence-electron chi connectivity index (χ2n) is 18.3. The van der Waals surface area contributed by atoms with Crippen LogP contribution in [0, 0.1) is 0 Å². The zero-order valence-electron chi connectivity index (χ0n) is 38.3. The molecule has 0 bridgehead atoms. The second kappa shape index (κ2) is 16.2. The molecule has 0 atom stereocenters. The van der Waals surface area contributed by atoms with Crippen LogP contribution in [0.1, 0.15) is 0 Å². The molecule has 0 radical (unpaired) electrons. The lowest BCUT2D eigenvalue weighted by Gasteiger charge is -2.22. The van der Waals surface area contributed by atoms with Crippen LogP contribution in [-0.4, -0.2) is 9.13 Å². The number of hydrogen-bond acceptors (Lipinski definition) is 0. The van der Waals surface area contributed by atoms with Crippen LogP contribution in [0.3, 0.4) is 0 Å². The first-order chi connectivity index (χ1) is 34.8. The minimum absolute atomic E-state index is 1.15. The molecule has 0 saturated carbocycles. The summed E-state index contributed by atoms with van der Waals surface area (Å²) in [6.45, 7) is 0. The molecule has 326 valence electrons. The molecule has 70 heavy (non-hydrogen) atoms. The van der Waals surface area contributed by atoms with Crippen molar-refractivity contribution in [2.45, 2.75) is 0 Å². The maximum Gasteiger partial charge on any atom is 0.0547 e. The Kier molecular flexibility index (Phi) is 9.25. The van der Waals surface area contributed by atoms with Gasteiger partial charge in [-0.25, -0.2) is 0 Å². The van der Waals surface area contributed by atoms with Gasteiger partial charge in [0.15, 0.2) is 0 Å². The molecule has 2 aromatic heterocycles. The van der Waals surface area contributed by atoms with Gasteiger partial charge in [0.05, 0.1) is 22.1 Å². The third-order valence-electron chi connectivity index (χ3n) is 14.5. The van der Waals surface area contributed by atoms with Crippen molar-refractivity contribution in [3.05, 3.63) is 267 Å². The fourth-order valence-corrected chi connectivity index (χ4v) is 11.6.